The fraction of sp³-hybridized carbons (Fsp3) is 0.444. The first-order valence-electron chi connectivity index (χ1n) is 8.56. The van der Waals surface area contributed by atoms with Crippen LogP contribution in [0.3, 0.4) is 0 Å². The maximum Gasteiger partial charge on any atom is 0.316 e. The largest absolute Gasteiger partial charge is 0.469 e. The molecular weight excluding hydrogens is 388 g/mol. The van der Waals surface area contributed by atoms with Gasteiger partial charge >= 0.3 is 11.9 Å². The lowest BCUT2D eigenvalue weighted by molar-refractivity contribution is -0.152. The number of esters is 2. The van der Waals surface area contributed by atoms with E-state index in [0.29, 0.717) is 25.9 Å². The van der Waals surface area contributed by atoms with E-state index in [-0.39, 0.29) is 30.2 Å². The number of fused-ring (bicyclic) bond motifs is 1. The van der Waals surface area contributed by atoms with Gasteiger partial charge in [-0.25, -0.2) is 4.98 Å². The van der Waals surface area contributed by atoms with Gasteiger partial charge < -0.3 is 14.4 Å². The Hall–Kier alpha value is -2.13. The normalized spacial score (nSPS) is 14.9. The number of rotatable bonds is 6. The van der Waals surface area contributed by atoms with Gasteiger partial charge in [0.25, 0.3) is 5.91 Å². The number of hydrogen-bond donors (Lipinski definition) is 0. The van der Waals surface area contributed by atoms with Gasteiger partial charge in [-0.15, -0.1) is 11.3 Å². The van der Waals surface area contributed by atoms with E-state index in [1.54, 1.807) is 4.90 Å². The first-order valence-corrected chi connectivity index (χ1v) is 10.4. The Morgan fingerprint density at radius 1 is 1.26 bits per heavy atom. The monoisotopic (exact) mass is 408 g/mol. The van der Waals surface area contributed by atoms with Gasteiger partial charge in [-0.05, 0) is 25.0 Å². The number of hydrogen-bond acceptors (Lipinski definition) is 8. The summed E-state index contributed by atoms with van der Waals surface area (Å²) in [5.74, 6) is -0.974. The van der Waals surface area contributed by atoms with E-state index in [1.807, 2.05) is 24.3 Å². The van der Waals surface area contributed by atoms with Crippen molar-refractivity contribution in [3.05, 3.63) is 24.3 Å². The number of benzene rings is 1. The van der Waals surface area contributed by atoms with E-state index in [4.69, 9.17) is 9.47 Å². The summed E-state index contributed by atoms with van der Waals surface area (Å²) in [6.07, 6.45) is 1.14. The molecule has 1 saturated heterocycles. The minimum absolute atomic E-state index is 0.109. The number of aromatic nitrogens is 1. The van der Waals surface area contributed by atoms with Crippen molar-refractivity contribution in [1.82, 2.24) is 9.88 Å². The molecule has 1 fully saturated rings. The lowest BCUT2D eigenvalue weighted by atomic mass is 9.97. The number of para-hydroxylation sites is 1. The number of ether oxygens (including phenoxy) is 2. The van der Waals surface area contributed by atoms with Gasteiger partial charge in [0.15, 0.2) is 10.9 Å². The van der Waals surface area contributed by atoms with Crippen LogP contribution in [-0.2, 0) is 23.9 Å². The van der Waals surface area contributed by atoms with Crippen LogP contribution in [0.1, 0.15) is 12.8 Å². The number of carbonyl (C=O) groups excluding carboxylic acids is 3. The third-order valence-corrected chi connectivity index (χ3v) is 6.48. The lowest BCUT2D eigenvalue weighted by Gasteiger charge is -2.30. The van der Waals surface area contributed by atoms with Gasteiger partial charge in [-0.2, -0.15) is 0 Å². The van der Waals surface area contributed by atoms with Crippen molar-refractivity contribution in [2.45, 2.75) is 17.2 Å². The van der Waals surface area contributed by atoms with Crippen LogP contribution >= 0.6 is 23.1 Å². The molecule has 7 nitrogen and oxygen atoms in total. The second-order valence-corrected chi connectivity index (χ2v) is 8.33. The summed E-state index contributed by atoms with van der Waals surface area (Å²) >= 11 is 2.83. The van der Waals surface area contributed by atoms with Gasteiger partial charge in [-0.1, -0.05) is 23.9 Å². The molecule has 2 aromatic rings. The Balaban J connectivity index is 1.38. The summed E-state index contributed by atoms with van der Waals surface area (Å²) in [4.78, 5) is 41.6. The van der Waals surface area contributed by atoms with E-state index in [2.05, 4.69) is 4.98 Å². The number of carbonyl (C=O) groups is 3. The molecule has 0 radical (unpaired) electrons. The van der Waals surface area contributed by atoms with Gasteiger partial charge in [0.1, 0.15) is 0 Å². The molecule has 9 heteroatoms. The number of methoxy groups -OCH3 is 1. The highest BCUT2D eigenvalue weighted by Gasteiger charge is 2.28. The molecule has 0 N–H and O–H groups in total. The number of thiazole rings is 1. The SMILES string of the molecule is COC(=O)C1CCN(C(=O)COC(=O)CSc2nc3ccccc3s2)CC1. The average Bonchev–Trinajstić information content (AvgIpc) is 3.13. The Kier molecular flexibility index (Phi) is 6.68. The zero-order valence-corrected chi connectivity index (χ0v) is 16.5. The molecule has 0 bridgehead atoms. The van der Waals surface area contributed by atoms with Crippen molar-refractivity contribution < 1.29 is 23.9 Å². The van der Waals surface area contributed by atoms with Crippen molar-refractivity contribution in [3.8, 4) is 0 Å². The zero-order chi connectivity index (χ0) is 19.2. The summed E-state index contributed by atoms with van der Waals surface area (Å²) in [5.41, 5.74) is 0.906. The van der Waals surface area contributed by atoms with Crippen LogP contribution < -0.4 is 0 Å². The summed E-state index contributed by atoms with van der Waals surface area (Å²) in [7, 11) is 1.37. The predicted octanol–water partition coefficient (Wildman–Crippen LogP) is 2.34. The predicted molar refractivity (Wildman–Crippen MR) is 103 cm³/mol. The zero-order valence-electron chi connectivity index (χ0n) is 14.9. The van der Waals surface area contributed by atoms with Crippen molar-refractivity contribution in [2.24, 2.45) is 5.92 Å². The highest BCUT2D eigenvalue weighted by molar-refractivity contribution is 8.01. The van der Waals surface area contributed by atoms with Gasteiger partial charge in [-0.3, -0.25) is 14.4 Å². The summed E-state index contributed by atoms with van der Waals surface area (Å²) < 4.78 is 11.7. The summed E-state index contributed by atoms with van der Waals surface area (Å²) in [5, 5.41) is 0. The smallest absolute Gasteiger partial charge is 0.316 e. The molecule has 1 aliphatic heterocycles. The van der Waals surface area contributed by atoms with Crippen LogP contribution in [0.5, 0.6) is 0 Å². The third kappa shape index (κ3) is 5.20. The quantitative estimate of drug-likeness (QED) is 0.536. The van der Waals surface area contributed by atoms with E-state index in [1.165, 1.54) is 30.2 Å². The maximum absolute atomic E-state index is 12.2. The highest BCUT2D eigenvalue weighted by atomic mass is 32.2. The Morgan fingerprint density at radius 2 is 2.00 bits per heavy atom. The Bertz CT molecular complexity index is 797. The first-order chi connectivity index (χ1) is 13.1. The molecule has 144 valence electrons. The average molecular weight is 409 g/mol. The molecule has 0 atom stereocenters. The van der Waals surface area contributed by atoms with Crippen LogP contribution in [0.25, 0.3) is 10.2 Å². The molecular formula is C18H20N2O5S2. The molecule has 1 aromatic heterocycles. The number of likely N-dealkylation sites (tertiary alicyclic amines) is 1. The minimum atomic E-state index is -0.447. The fourth-order valence-electron chi connectivity index (χ4n) is 2.84. The second-order valence-electron chi connectivity index (χ2n) is 6.08. The van der Waals surface area contributed by atoms with Crippen molar-refractivity contribution >= 4 is 51.2 Å². The number of thioether (sulfide) groups is 1. The standard InChI is InChI=1S/C18H20N2O5S2/c1-24-17(23)12-6-8-20(9-7-12)15(21)10-25-16(22)11-26-18-19-13-4-2-3-5-14(13)27-18/h2-5,12H,6-11H2,1H3. The van der Waals surface area contributed by atoms with Gasteiger partial charge in [0.05, 0.1) is 29.0 Å². The molecule has 0 saturated carbocycles. The second kappa shape index (κ2) is 9.18. The van der Waals surface area contributed by atoms with Crippen LogP contribution in [0.4, 0.5) is 0 Å². The minimum Gasteiger partial charge on any atom is -0.469 e. The molecule has 0 spiro atoms. The van der Waals surface area contributed by atoms with Crippen molar-refractivity contribution in [3.63, 3.8) is 0 Å². The molecule has 0 aliphatic carbocycles. The molecule has 27 heavy (non-hydrogen) atoms. The number of amides is 1. The van der Waals surface area contributed by atoms with Gasteiger partial charge in [0.2, 0.25) is 0 Å². The van der Waals surface area contributed by atoms with Crippen LogP contribution in [0.2, 0.25) is 0 Å². The van der Waals surface area contributed by atoms with Crippen LogP contribution in [0.15, 0.2) is 28.6 Å². The molecule has 1 amide bonds. The first kappa shape index (κ1) is 19.6. The molecule has 1 aliphatic rings. The van der Waals surface area contributed by atoms with Crippen LogP contribution in [-0.4, -0.2) is 60.3 Å². The number of piperidine rings is 1. The Labute approximate surface area is 165 Å². The summed E-state index contributed by atoms with van der Waals surface area (Å²) in [6.45, 7) is 0.662. The van der Waals surface area contributed by atoms with E-state index < -0.39 is 5.97 Å². The third-order valence-electron chi connectivity index (χ3n) is 4.33. The molecule has 2 heterocycles. The molecule has 3 rings (SSSR count). The van der Waals surface area contributed by atoms with Crippen molar-refractivity contribution in [2.75, 3.05) is 32.6 Å². The molecule has 0 unspecified atom stereocenters. The van der Waals surface area contributed by atoms with E-state index in [0.717, 1.165) is 14.6 Å². The number of nitrogens with zero attached hydrogens (tertiary/aromatic N) is 2. The van der Waals surface area contributed by atoms with Gasteiger partial charge in [0, 0.05) is 13.1 Å². The topological polar surface area (TPSA) is 85.8 Å². The fourth-order valence-corrected chi connectivity index (χ4v) is 4.71. The summed E-state index contributed by atoms with van der Waals surface area (Å²) in [6, 6.07) is 7.78. The maximum atomic E-state index is 12.2. The van der Waals surface area contributed by atoms with Crippen molar-refractivity contribution in [1.29, 1.82) is 0 Å². The Morgan fingerprint density at radius 3 is 2.70 bits per heavy atom. The molecule has 1 aromatic carbocycles. The van der Waals surface area contributed by atoms with E-state index >= 15 is 0 Å². The highest BCUT2D eigenvalue weighted by Crippen LogP contribution is 2.29. The van der Waals surface area contributed by atoms with E-state index in [9.17, 15) is 14.4 Å². The van der Waals surface area contributed by atoms with Crippen LogP contribution in [0, 0.1) is 5.92 Å². The lowest BCUT2D eigenvalue weighted by Crippen LogP contribution is -2.42.